The second-order valence-electron chi connectivity index (χ2n) is 4.65. The summed E-state index contributed by atoms with van der Waals surface area (Å²) in [4.78, 5) is 11.1. The summed E-state index contributed by atoms with van der Waals surface area (Å²) in [5, 5.41) is 0. The van der Waals surface area contributed by atoms with E-state index in [9.17, 15) is 22.4 Å². The zero-order chi connectivity index (χ0) is 15.7. The molecule has 5 heteroatoms. The molecule has 0 aliphatic heterocycles. The van der Waals surface area contributed by atoms with Gasteiger partial charge in [0, 0.05) is 16.7 Å². The molecule has 0 bridgehead atoms. The van der Waals surface area contributed by atoms with E-state index < -0.39 is 23.0 Å². The van der Waals surface area contributed by atoms with Crippen molar-refractivity contribution in [2.45, 2.75) is 18.8 Å². The van der Waals surface area contributed by atoms with Gasteiger partial charge in [-0.2, -0.15) is 17.6 Å². The molecule has 0 N–H and O–H groups in total. The van der Waals surface area contributed by atoms with Crippen molar-refractivity contribution < 1.29 is 22.4 Å². The topological polar surface area (TPSA) is 17.1 Å². The molecule has 0 heterocycles. The summed E-state index contributed by atoms with van der Waals surface area (Å²) in [5.74, 6) is -9.03. The van der Waals surface area contributed by atoms with Gasteiger partial charge < -0.3 is 0 Å². The normalized spacial score (nSPS) is 12.2. The molecule has 110 valence electrons. The Kier molecular flexibility index (Phi) is 3.85. The Morgan fingerprint density at radius 1 is 0.762 bits per heavy atom. The van der Waals surface area contributed by atoms with Gasteiger partial charge in [0.25, 0.3) is 0 Å². The Balaban J connectivity index is 2.43. The van der Waals surface area contributed by atoms with Crippen LogP contribution in [0.25, 0.3) is 0 Å². The van der Waals surface area contributed by atoms with Gasteiger partial charge in [-0.15, -0.1) is 0 Å². The van der Waals surface area contributed by atoms with Crippen molar-refractivity contribution in [3.63, 3.8) is 0 Å². The number of carbonyl (C=O) groups excluding carboxylic acids is 1. The Morgan fingerprint density at radius 3 is 1.62 bits per heavy atom. The van der Waals surface area contributed by atoms with E-state index in [0.717, 1.165) is 36.4 Å². The fourth-order valence-electron chi connectivity index (χ4n) is 1.92. The highest BCUT2D eigenvalue weighted by Crippen LogP contribution is 2.49. The first-order valence-corrected chi connectivity index (χ1v) is 6.19. The predicted molar refractivity (Wildman–Crippen MR) is 70.7 cm³/mol. The van der Waals surface area contributed by atoms with E-state index in [4.69, 9.17) is 0 Å². The van der Waals surface area contributed by atoms with E-state index in [1.807, 2.05) is 0 Å². The van der Waals surface area contributed by atoms with Crippen LogP contribution in [0.1, 0.15) is 28.4 Å². The second kappa shape index (κ2) is 5.31. The summed E-state index contributed by atoms with van der Waals surface area (Å²) in [5.41, 5.74) is -1.40. The summed E-state index contributed by atoms with van der Waals surface area (Å²) in [6.45, 7) is 1.27. The first-order chi connectivity index (χ1) is 9.76. The number of Topliss-reactive ketones (excluding diaryl/α,β-unsaturated/α-hetero) is 1. The molecule has 0 radical (unpaired) electrons. The zero-order valence-electron chi connectivity index (χ0n) is 11.1. The van der Waals surface area contributed by atoms with Crippen molar-refractivity contribution in [1.82, 2.24) is 0 Å². The SMILES string of the molecule is CC(=O)c1ccc(C(F)(F)C(F)(F)c2ccccc2)cc1. The van der Waals surface area contributed by atoms with Crippen molar-refractivity contribution in [1.29, 1.82) is 0 Å². The first kappa shape index (κ1) is 15.2. The largest absolute Gasteiger partial charge is 0.339 e. The van der Waals surface area contributed by atoms with Crippen molar-refractivity contribution in [2.24, 2.45) is 0 Å². The number of alkyl halides is 4. The molecule has 0 aliphatic rings. The van der Waals surface area contributed by atoms with Gasteiger partial charge in [-0.3, -0.25) is 4.79 Å². The molecule has 2 aromatic rings. The van der Waals surface area contributed by atoms with Gasteiger partial charge in [0.2, 0.25) is 0 Å². The minimum atomic E-state index is -4.37. The standard InChI is InChI=1S/C16H12F4O/c1-11(21)12-7-9-14(10-8-12)16(19,20)15(17,18)13-5-3-2-4-6-13/h2-10H,1H3. The molecule has 21 heavy (non-hydrogen) atoms. The summed E-state index contributed by atoms with van der Waals surface area (Å²) in [6.07, 6.45) is 0. The monoisotopic (exact) mass is 296 g/mol. The fraction of sp³-hybridized carbons (Fsp3) is 0.188. The van der Waals surface area contributed by atoms with Gasteiger partial charge in [-0.1, -0.05) is 54.6 Å². The quantitative estimate of drug-likeness (QED) is 0.586. The van der Waals surface area contributed by atoms with Crippen LogP contribution in [0, 0.1) is 0 Å². The van der Waals surface area contributed by atoms with E-state index in [1.54, 1.807) is 0 Å². The molecule has 0 spiro atoms. The number of rotatable bonds is 4. The molecule has 0 aliphatic carbocycles. The van der Waals surface area contributed by atoms with E-state index in [0.29, 0.717) is 0 Å². The van der Waals surface area contributed by atoms with E-state index in [2.05, 4.69) is 0 Å². The van der Waals surface area contributed by atoms with Crippen LogP contribution in [0.15, 0.2) is 54.6 Å². The molecule has 0 fully saturated rings. The number of benzene rings is 2. The van der Waals surface area contributed by atoms with Gasteiger partial charge in [0.1, 0.15) is 0 Å². The van der Waals surface area contributed by atoms with Crippen molar-refractivity contribution >= 4 is 5.78 Å². The van der Waals surface area contributed by atoms with E-state index in [1.165, 1.54) is 25.1 Å². The van der Waals surface area contributed by atoms with Crippen LogP contribution in [0.4, 0.5) is 17.6 Å². The minimum absolute atomic E-state index is 0.192. The number of carbonyl (C=O) groups is 1. The molecular weight excluding hydrogens is 284 g/mol. The van der Waals surface area contributed by atoms with Crippen LogP contribution < -0.4 is 0 Å². The smallest absolute Gasteiger partial charge is 0.295 e. The zero-order valence-corrected chi connectivity index (χ0v) is 11.1. The van der Waals surface area contributed by atoms with Crippen molar-refractivity contribution in [3.05, 3.63) is 71.3 Å². The third kappa shape index (κ3) is 2.68. The van der Waals surface area contributed by atoms with Gasteiger partial charge in [-0.25, -0.2) is 0 Å². The molecular formula is C16H12F4O. The van der Waals surface area contributed by atoms with Crippen molar-refractivity contribution in [3.8, 4) is 0 Å². The molecule has 0 atom stereocenters. The highest BCUT2D eigenvalue weighted by atomic mass is 19.3. The van der Waals surface area contributed by atoms with Crippen LogP contribution >= 0.6 is 0 Å². The van der Waals surface area contributed by atoms with Crippen LogP contribution in [0.3, 0.4) is 0 Å². The number of ketones is 1. The summed E-state index contributed by atoms with van der Waals surface area (Å²) < 4.78 is 56.4. The lowest BCUT2D eigenvalue weighted by Gasteiger charge is -2.27. The number of halogens is 4. The lowest BCUT2D eigenvalue weighted by atomic mass is 9.95. The summed E-state index contributed by atoms with van der Waals surface area (Å²) in [6, 6.07) is 9.88. The maximum absolute atomic E-state index is 14.1. The Hall–Kier alpha value is -2.17. The van der Waals surface area contributed by atoms with Crippen LogP contribution in [0.2, 0.25) is 0 Å². The van der Waals surface area contributed by atoms with Crippen LogP contribution in [-0.2, 0) is 11.8 Å². The van der Waals surface area contributed by atoms with Crippen LogP contribution in [0.5, 0.6) is 0 Å². The van der Waals surface area contributed by atoms with Gasteiger partial charge in [0.15, 0.2) is 5.78 Å². The number of hydrogen-bond acceptors (Lipinski definition) is 1. The van der Waals surface area contributed by atoms with Gasteiger partial charge in [-0.05, 0) is 6.92 Å². The number of hydrogen-bond donors (Lipinski definition) is 0. The fourth-order valence-corrected chi connectivity index (χ4v) is 1.92. The van der Waals surface area contributed by atoms with Gasteiger partial charge >= 0.3 is 11.8 Å². The van der Waals surface area contributed by atoms with E-state index >= 15 is 0 Å². The average Bonchev–Trinajstić information content (AvgIpc) is 2.48. The Labute approximate surface area is 119 Å². The van der Waals surface area contributed by atoms with Crippen LogP contribution in [-0.4, -0.2) is 5.78 Å². The molecule has 0 saturated heterocycles. The molecule has 2 aromatic carbocycles. The van der Waals surface area contributed by atoms with Gasteiger partial charge in [0.05, 0.1) is 0 Å². The highest BCUT2D eigenvalue weighted by Gasteiger charge is 2.58. The lowest BCUT2D eigenvalue weighted by molar-refractivity contribution is -0.223. The summed E-state index contributed by atoms with van der Waals surface area (Å²) in [7, 11) is 0. The maximum atomic E-state index is 14.1. The molecule has 0 saturated carbocycles. The third-order valence-electron chi connectivity index (χ3n) is 3.18. The molecule has 0 amide bonds. The Morgan fingerprint density at radius 2 is 1.19 bits per heavy atom. The predicted octanol–water partition coefficient (Wildman–Crippen LogP) is 4.77. The Bertz CT molecular complexity index is 633. The second-order valence-corrected chi connectivity index (χ2v) is 4.65. The van der Waals surface area contributed by atoms with E-state index in [-0.39, 0.29) is 11.3 Å². The molecule has 2 rings (SSSR count). The van der Waals surface area contributed by atoms with Crippen molar-refractivity contribution in [2.75, 3.05) is 0 Å². The molecule has 0 unspecified atom stereocenters. The maximum Gasteiger partial charge on any atom is 0.339 e. The lowest BCUT2D eigenvalue weighted by Crippen LogP contribution is -2.35. The molecule has 0 aromatic heterocycles. The third-order valence-corrected chi connectivity index (χ3v) is 3.18. The average molecular weight is 296 g/mol. The first-order valence-electron chi connectivity index (χ1n) is 6.19. The molecule has 1 nitrogen and oxygen atoms in total. The summed E-state index contributed by atoms with van der Waals surface area (Å²) >= 11 is 0. The minimum Gasteiger partial charge on any atom is -0.295 e. The highest BCUT2D eigenvalue weighted by molar-refractivity contribution is 5.94.